The number of methoxy groups -OCH3 is 4. The highest BCUT2D eigenvalue weighted by atomic mass is 16.5. The van der Waals surface area contributed by atoms with Crippen molar-refractivity contribution in [3.63, 3.8) is 0 Å². The minimum Gasteiger partial charge on any atom is -0.493 e. The molecule has 1 aromatic heterocycles. The molecule has 0 saturated carbocycles. The fourth-order valence-corrected chi connectivity index (χ4v) is 3.53. The van der Waals surface area contributed by atoms with Gasteiger partial charge in [-0.25, -0.2) is 4.79 Å². The Morgan fingerprint density at radius 1 is 0.806 bits per heavy atom. The van der Waals surface area contributed by atoms with Gasteiger partial charge in [0.2, 0.25) is 0 Å². The molecule has 0 radical (unpaired) electrons. The van der Waals surface area contributed by atoms with Gasteiger partial charge >= 0.3 is 5.63 Å². The van der Waals surface area contributed by atoms with E-state index in [4.69, 9.17) is 23.4 Å². The monoisotopic (exact) mass is 419 g/mol. The quantitative estimate of drug-likeness (QED) is 0.332. The number of rotatable bonds is 6. The Hall–Kier alpha value is -4.00. The Bertz CT molecular complexity index is 1350. The van der Waals surface area contributed by atoms with Crippen LogP contribution in [0.2, 0.25) is 0 Å². The predicted octanol–water partition coefficient (Wildman–Crippen LogP) is 4.73. The summed E-state index contributed by atoms with van der Waals surface area (Å²) >= 11 is 0. The maximum atomic E-state index is 12.0. The average Bonchev–Trinajstić information content (AvgIpc) is 2.80. The van der Waals surface area contributed by atoms with E-state index in [2.05, 4.69) is 4.99 Å². The molecule has 0 saturated heterocycles. The summed E-state index contributed by atoms with van der Waals surface area (Å²) in [5.41, 5.74) is 1.16. The lowest BCUT2D eigenvalue weighted by molar-refractivity contribution is 0.353. The maximum Gasteiger partial charge on any atom is 0.338 e. The molecular formula is C24H21NO6. The van der Waals surface area contributed by atoms with E-state index in [1.807, 2.05) is 30.3 Å². The van der Waals surface area contributed by atoms with Crippen molar-refractivity contribution in [2.24, 2.45) is 4.99 Å². The van der Waals surface area contributed by atoms with Gasteiger partial charge in [0.1, 0.15) is 5.58 Å². The molecule has 1 heterocycles. The van der Waals surface area contributed by atoms with Gasteiger partial charge in [-0.15, -0.1) is 0 Å². The third-order valence-corrected chi connectivity index (χ3v) is 4.99. The standard InChI is InChI=1S/C24H21NO6/c1-27-20-9-14-10-22(29-3)24(30-4)17(16(14)11-21(20)28-2)13-25-18-12-23(26)31-19-8-6-5-7-15(18)19/h5-13H,1-4H3. The average molecular weight is 419 g/mol. The lowest BCUT2D eigenvalue weighted by atomic mass is 10.0. The molecule has 7 heteroatoms. The van der Waals surface area contributed by atoms with Crippen LogP contribution in [0.3, 0.4) is 0 Å². The minimum absolute atomic E-state index is 0.469. The fraction of sp³-hybridized carbons (Fsp3) is 0.167. The van der Waals surface area contributed by atoms with Crippen LogP contribution in [0.1, 0.15) is 5.56 Å². The van der Waals surface area contributed by atoms with E-state index in [-0.39, 0.29) is 0 Å². The van der Waals surface area contributed by atoms with Gasteiger partial charge in [-0.3, -0.25) is 4.99 Å². The highest BCUT2D eigenvalue weighted by Gasteiger charge is 2.17. The molecule has 0 atom stereocenters. The van der Waals surface area contributed by atoms with E-state index in [0.29, 0.717) is 39.8 Å². The molecule has 7 nitrogen and oxygen atoms in total. The van der Waals surface area contributed by atoms with Crippen LogP contribution < -0.4 is 24.6 Å². The van der Waals surface area contributed by atoms with Gasteiger partial charge in [-0.05, 0) is 41.1 Å². The number of aliphatic imine (C=N–C) groups is 1. The van der Waals surface area contributed by atoms with E-state index in [9.17, 15) is 4.79 Å². The first kappa shape index (κ1) is 20.3. The van der Waals surface area contributed by atoms with Gasteiger partial charge in [0.25, 0.3) is 0 Å². The molecule has 4 aromatic rings. The first-order valence-electron chi connectivity index (χ1n) is 9.47. The molecule has 0 unspecified atom stereocenters. The van der Waals surface area contributed by atoms with E-state index in [1.165, 1.54) is 6.07 Å². The molecule has 0 spiro atoms. The SMILES string of the molecule is COc1cc2cc(OC)c(OC)c(C=Nc3cc(=O)oc4ccccc34)c2cc1OC. The van der Waals surface area contributed by atoms with Gasteiger partial charge in [0.05, 0.1) is 40.2 Å². The van der Waals surface area contributed by atoms with Crippen LogP contribution >= 0.6 is 0 Å². The Labute approximate surface area is 178 Å². The highest BCUT2D eigenvalue weighted by Crippen LogP contribution is 2.41. The number of ether oxygens (including phenoxy) is 4. The zero-order valence-electron chi connectivity index (χ0n) is 17.6. The second-order valence-corrected chi connectivity index (χ2v) is 6.66. The van der Waals surface area contributed by atoms with Crippen molar-refractivity contribution in [2.75, 3.05) is 28.4 Å². The molecule has 0 aliphatic heterocycles. The summed E-state index contributed by atoms with van der Waals surface area (Å²) in [6.45, 7) is 0. The molecule has 0 bridgehead atoms. The Kier molecular flexibility index (Phi) is 5.49. The first-order chi connectivity index (χ1) is 15.1. The molecular weight excluding hydrogens is 398 g/mol. The Balaban J connectivity index is 1.99. The van der Waals surface area contributed by atoms with E-state index < -0.39 is 5.63 Å². The summed E-state index contributed by atoms with van der Waals surface area (Å²) in [5.74, 6) is 2.22. The second-order valence-electron chi connectivity index (χ2n) is 6.66. The molecule has 0 amide bonds. The van der Waals surface area contributed by atoms with Crippen LogP contribution in [-0.4, -0.2) is 34.7 Å². The summed E-state index contributed by atoms with van der Waals surface area (Å²) < 4.78 is 27.3. The third kappa shape index (κ3) is 3.66. The normalized spacial score (nSPS) is 11.2. The van der Waals surface area contributed by atoms with Gasteiger partial charge in [-0.1, -0.05) is 12.1 Å². The first-order valence-corrected chi connectivity index (χ1v) is 9.47. The van der Waals surface area contributed by atoms with E-state index in [0.717, 1.165) is 16.2 Å². The van der Waals surface area contributed by atoms with Gasteiger partial charge in [-0.2, -0.15) is 0 Å². The predicted molar refractivity (Wildman–Crippen MR) is 120 cm³/mol. The summed E-state index contributed by atoms with van der Waals surface area (Å²) in [5, 5.41) is 2.41. The van der Waals surface area contributed by atoms with Crippen molar-refractivity contribution >= 4 is 33.6 Å². The van der Waals surface area contributed by atoms with E-state index >= 15 is 0 Å². The minimum atomic E-state index is -0.472. The van der Waals surface area contributed by atoms with E-state index in [1.54, 1.807) is 46.8 Å². The van der Waals surface area contributed by atoms with Crippen molar-refractivity contribution in [1.82, 2.24) is 0 Å². The highest BCUT2D eigenvalue weighted by molar-refractivity contribution is 6.06. The lowest BCUT2D eigenvalue weighted by Gasteiger charge is -2.16. The molecule has 0 aliphatic carbocycles. The summed E-state index contributed by atoms with van der Waals surface area (Å²) in [6.07, 6.45) is 1.65. The second kappa shape index (κ2) is 8.39. The molecule has 158 valence electrons. The van der Waals surface area contributed by atoms with Gasteiger partial charge in [0, 0.05) is 17.2 Å². The molecule has 3 aromatic carbocycles. The maximum absolute atomic E-state index is 12.0. The summed E-state index contributed by atoms with van der Waals surface area (Å²) in [6, 6.07) is 14.2. The molecule has 0 aliphatic rings. The van der Waals surface area contributed by atoms with Crippen LogP contribution in [0.15, 0.2) is 62.7 Å². The van der Waals surface area contributed by atoms with Crippen molar-refractivity contribution in [1.29, 1.82) is 0 Å². The fourth-order valence-electron chi connectivity index (χ4n) is 3.53. The van der Waals surface area contributed by atoms with Crippen molar-refractivity contribution in [3.05, 3.63) is 64.5 Å². The van der Waals surface area contributed by atoms with Crippen molar-refractivity contribution in [2.45, 2.75) is 0 Å². The number of benzene rings is 3. The number of para-hydroxylation sites is 1. The van der Waals surface area contributed by atoms with Crippen LogP contribution in [-0.2, 0) is 0 Å². The zero-order valence-corrected chi connectivity index (χ0v) is 17.6. The molecule has 4 rings (SSSR count). The molecule has 31 heavy (non-hydrogen) atoms. The van der Waals surface area contributed by atoms with Crippen LogP contribution in [0, 0.1) is 0 Å². The largest absolute Gasteiger partial charge is 0.493 e. The van der Waals surface area contributed by atoms with Crippen LogP contribution in [0.5, 0.6) is 23.0 Å². The Morgan fingerprint density at radius 3 is 2.19 bits per heavy atom. The van der Waals surface area contributed by atoms with Crippen molar-refractivity contribution in [3.8, 4) is 23.0 Å². The lowest BCUT2D eigenvalue weighted by Crippen LogP contribution is -1.99. The van der Waals surface area contributed by atoms with Gasteiger partial charge in [0.15, 0.2) is 23.0 Å². The number of fused-ring (bicyclic) bond motifs is 2. The Morgan fingerprint density at radius 2 is 1.48 bits per heavy atom. The summed E-state index contributed by atoms with van der Waals surface area (Å²) in [7, 11) is 6.29. The van der Waals surface area contributed by atoms with Crippen LogP contribution in [0.4, 0.5) is 5.69 Å². The molecule has 0 fully saturated rings. The van der Waals surface area contributed by atoms with Crippen LogP contribution in [0.25, 0.3) is 21.7 Å². The molecule has 0 N–H and O–H groups in total. The topological polar surface area (TPSA) is 79.5 Å². The summed E-state index contributed by atoms with van der Waals surface area (Å²) in [4.78, 5) is 16.6. The number of hydrogen-bond acceptors (Lipinski definition) is 7. The zero-order chi connectivity index (χ0) is 22.0. The van der Waals surface area contributed by atoms with Crippen molar-refractivity contribution < 1.29 is 23.4 Å². The third-order valence-electron chi connectivity index (χ3n) is 4.99. The van der Waals surface area contributed by atoms with Gasteiger partial charge < -0.3 is 23.4 Å². The number of hydrogen-bond donors (Lipinski definition) is 0. The number of nitrogens with zero attached hydrogens (tertiary/aromatic N) is 1. The smallest absolute Gasteiger partial charge is 0.338 e.